The van der Waals surface area contributed by atoms with Crippen molar-refractivity contribution >= 4 is 0 Å². The van der Waals surface area contributed by atoms with Crippen LogP contribution in [0.1, 0.15) is 0 Å². The van der Waals surface area contributed by atoms with Gasteiger partial charge in [0.15, 0.2) is 6.10 Å². The molecule has 31 heavy (non-hydrogen) atoms. The van der Waals surface area contributed by atoms with Crippen LogP contribution >= 0.6 is 0 Å². The van der Waals surface area contributed by atoms with E-state index in [1.165, 1.54) is 0 Å². The molecule has 0 aliphatic carbocycles. The smallest absolute Gasteiger partial charge is 0.228 e. The van der Waals surface area contributed by atoms with Gasteiger partial charge in [0.2, 0.25) is 6.29 Å². The monoisotopic (exact) mass is 450 g/mol. The number of hydrogen-bond acceptors (Lipinski definition) is 10. The van der Waals surface area contributed by atoms with Crippen molar-refractivity contribution in [2.75, 3.05) is 63.5 Å². The second kappa shape index (κ2) is 14.0. The van der Waals surface area contributed by atoms with Gasteiger partial charge in [0, 0.05) is 56.9 Å². The molecule has 182 valence electrons. The second-order valence-corrected chi connectivity index (χ2v) is 6.88. The van der Waals surface area contributed by atoms with E-state index >= 15 is 0 Å². The molecule has 2 aliphatic rings. The van der Waals surface area contributed by atoms with Gasteiger partial charge in [0.25, 0.3) is 0 Å². The van der Waals surface area contributed by atoms with Gasteiger partial charge in [0.05, 0.1) is 6.61 Å². The maximum Gasteiger partial charge on any atom is 0.228 e. The van der Waals surface area contributed by atoms with Gasteiger partial charge in [-0.2, -0.15) is 0 Å². The average molecular weight is 451 g/mol. The van der Waals surface area contributed by atoms with Crippen LogP contribution in [0.3, 0.4) is 0 Å². The van der Waals surface area contributed by atoms with Gasteiger partial charge >= 0.3 is 0 Å². The molecular formula is C21H38O10. The summed E-state index contributed by atoms with van der Waals surface area (Å²) < 4.78 is 53.2. The fourth-order valence-electron chi connectivity index (χ4n) is 3.74. The summed E-state index contributed by atoms with van der Waals surface area (Å²) in [5, 5.41) is 0. The van der Waals surface area contributed by atoms with E-state index < -0.39 is 6.29 Å². The summed E-state index contributed by atoms with van der Waals surface area (Å²) in [4.78, 5) is 0. The van der Waals surface area contributed by atoms with Crippen LogP contribution in [0.25, 0.3) is 0 Å². The summed E-state index contributed by atoms with van der Waals surface area (Å²) in [7, 11) is 12.7. The van der Waals surface area contributed by atoms with E-state index in [0.717, 1.165) is 0 Å². The zero-order valence-corrected chi connectivity index (χ0v) is 19.8. The van der Waals surface area contributed by atoms with Crippen LogP contribution in [0, 0.1) is 0 Å². The minimum Gasteiger partial charge on any atom is -0.487 e. The van der Waals surface area contributed by atoms with E-state index in [4.69, 9.17) is 47.4 Å². The lowest BCUT2D eigenvalue weighted by molar-refractivity contribution is -0.251. The molecule has 0 aromatic heterocycles. The van der Waals surface area contributed by atoms with E-state index in [1.54, 1.807) is 56.9 Å². The Labute approximate surface area is 185 Å². The third-order valence-corrected chi connectivity index (χ3v) is 5.24. The van der Waals surface area contributed by atoms with E-state index in [1.807, 2.05) is 0 Å². The summed E-state index contributed by atoms with van der Waals surface area (Å²) in [5.41, 5.74) is 0. The molecule has 2 saturated heterocycles. The third-order valence-electron chi connectivity index (χ3n) is 5.24. The van der Waals surface area contributed by atoms with Crippen molar-refractivity contribution < 1.29 is 47.4 Å². The number of ether oxygens (including phenoxy) is 10. The SMILES string of the molecule is C=C1OC(COC)C(OC)C(OC)C1OC.C=C1OC(OC)C(OC)C(OC)C1OC. The zero-order chi connectivity index (χ0) is 23.6. The highest BCUT2D eigenvalue weighted by atomic mass is 16.7. The quantitative estimate of drug-likeness (QED) is 0.509. The van der Waals surface area contributed by atoms with Crippen LogP contribution in [-0.4, -0.2) is 113 Å². The van der Waals surface area contributed by atoms with Crippen molar-refractivity contribution in [2.45, 2.75) is 49.0 Å². The lowest BCUT2D eigenvalue weighted by Crippen LogP contribution is -2.55. The average Bonchev–Trinajstić information content (AvgIpc) is 2.78. The Morgan fingerprint density at radius 2 is 1.03 bits per heavy atom. The molecule has 0 N–H and O–H groups in total. The molecule has 2 aliphatic heterocycles. The van der Waals surface area contributed by atoms with E-state index in [2.05, 4.69) is 13.2 Å². The molecule has 0 aromatic carbocycles. The van der Waals surface area contributed by atoms with Gasteiger partial charge in [-0.1, -0.05) is 13.2 Å². The summed E-state index contributed by atoms with van der Waals surface area (Å²) in [5.74, 6) is 1.04. The molecule has 10 nitrogen and oxygen atoms in total. The van der Waals surface area contributed by atoms with Gasteiger partial charge in [-0.25, -0.2) is 0 Å². The topological polar surface area (TPSA) is 92.3 Å². The fraction of sp³-hybridized carbons (Fsp3) is 0.810. The maximum atomic E-state index is 5.62. The van der Waals surface area contributed by atoms with Gasteiger partial charge < -0.3 is 47.4 Å². The highest BCUT2D eigenvalue weighted by Crippen LogP contribution is 2.29. The van der Waals surface area contributed by atoms with Crippen molar-refractivity contribution in [2.24, 2.45) is 0 Å². The molecule has 0 radical (unpaired) electrons. The third kappa shape index (κ3) is 6.62. The standard InChI is InChI=1S/C11H20O5.C10H18O5/c1-7-9(13-3)11(15-5)10(14-4)8(16-7)6-12-2;1-6-7(11-2)8(12-3)9(13-4)10(14-5)15-6/h8-11H,1,6H2,2-5H3;7-10H,1H2,2-5H3. The first-order valence-electron chi connectivity index (χ1n) is 9.78. The number of rotatable bonds is 9. The van der Waals surface area contributed by atoms with Crippen LogP contribution in [0.15, 0.2) is 24.7 Å². The van der Waals surface area contributed by atoms with Crippen LogP contribution in [0.4, 0.5) is 0 Å². The largest absolute Gasteiger partial charge is 0.487 e. The maximum absolute atomic E-state index is 5.62. The van der Waals surface area contributed by atoms with Gasteiger partial charge in [0.1, 0.15) is 48.1 Å². The molecule has 10 heteroatoms. The van der Waals surface area contributed by atoms with Crippen molar-refractivity contribution in [3.8, 4) is 0 Å². The van der Waals surface area contributed by atoms with Crippen LogP contribution < -0.4 is 0 Å². The lowest BCUT2D eigenvalue weighted by Gasteiger charge is -2.41. The van der Waals surface area contributed by atoms with Crippen LogP contribution in [-0.2, 0) is 47.4 Å². The first kappa shape index (κ1) is 27.8. The van der Waals surface area contributed by atoms with Crippen molar-refractivity contribution in [3.05, 3.63) is 24.7 Å². The first-order chi connectivity index (χ1) is 14.9. The molecule has 2 rings (SSSR count). The molecule has 0 amide bonds. The molecule has 0 bridgehead atoms. The van der Waals surface area contributed by atoms with Crippen LogP contribution in [0.2, 0.25) is 0 Å². The molecular weight excluding hydrogens is 412 g/mol. The summed E-state index contributed by atoms with van der Waals surface area (Å²) in [6, 6.07) is 0. The highest BCUT2D eigenvalue weighted by molar-refractivity contribution is 5.07. The summed E-state index contributed by atoms with van der Waals surface area (Å²) in [6.07, 6.45) is -2.49. The van der Waals surface area contributed by atoms with E-state index in [9.17, 15) is 0 Å². The Hall–Kier alpha value is -1.24. The Morgan fingerprint density at radius 1 is 0.581 bits per heavy atom. The predicted molar refractivity (Wildman–Crippen MR) is 112 cm³/mol. The molecule has 0 spiro atoms. The molecule has 2 heterocycles. The summed E-state index contributed by atoms with van der Waals surface area (Å²) in [6.45, 7) is 8.02. The Morgan fingerprint density at radius 3 is 1.42 bits per heavy atom. The van der Waals surface area contributed by atoms with Gasteiger partial charge in [-0.3, -0.25) is 0 Å². The van der Waals surface area contributed by atoms with E-state index in [0.29, 0.717) is 18.1 Å². The molecule has 0 aromatic rings. The normalized spacial score (nSPS) is 35.6. The highest BCUT2D eigenvalue weighted by Gasteiger charge is 2.45. The zero-order valence-electron chi connectivity index (χ0n) is 19.8. The number of methoxy groups -OCH3 is 8. The molecule has 8 atom stereocenters. The van der Waals surface area contributed by atoms with Gasteiger partial charge in [-0.15, -0.1) is 0 Å². The first-order valence-corrected chi connectivity index (χ1v) is 9.78. The Bertz CT molecular complexity index is 542. The molecule has 0 saturated carbocycles. The van der Waals surface area contributed by atoms with Crippen LogP contribution in [0.5, 0.6) is 0 Å². The van der Waals surface area contributed by atoms with Gasteiger partial charge in [-0.05, 0) is 0 Å². The van der Waals surface area contributed by atoms with Crippen molar-refractivity contribution in [3.63, 3.8) is 0 Å². The molecule has 2 fully saturated rings. The minimum absolute atomic E-state index is 0.223. The fourth-order valence-corrected chi connectivity index (χ4v) is 3.74. The second-order valence-electron chi connectivity index (χ2n) is 6.88. The Kier molecular flexibility index (Phi) is 12.6. The number of hydrogen-bond donors (Lipinski definition) is 0. The Balaban J connectivity index is 0.000000311. The molecule has 8 unspecified atom stereocenters. The minimum atomic E-state index is -0.515. The van der Waals surface area contributed by atoms with Crippen molar-refractivity contribution in [1.29, 1.82) is 0 Å². The summed E-state index contributed by atoms with van der Waals surface area (Å²) >= 11 is 0. The lowest BCUT2D eigenvalue weighted by atomic mass is 9.98. The predicted octanol–water partition coefficient (Wildman–Crippen LogP) is 1.14. The van der Waals surface area contributed by atoms with E-state index in [-0.39, 0.29) is 42.7 Å². The van der Waals surface area contributed by atoms with Crippen molar-refractivity contribution in [1.82, 2.24) is 0 Å².